The fourth-order valence-corrected chi connectivity index (χ4v) is 1.59. The lowest BCUT2D eigenvalue weighted by Gasteiger charge is -2.17. The quantitative estimate of drug-likeness (QED) is 0.788. The van der Waals surface area contributed by atoms with Gasteiger partial charge in [0.05, 0.1) is 0 Å². The maximum Gasteiger partial charge on any atom is 0.229 e. The second-order valence-electron chi connectivity index (χ2n) is 5.27. The number of fused-ring (bicyclic) bond motifs is 1. The van der Waals surface area contributed by atoms with Gasteiger partial charge in [-0.3, -0.25) is 4.79 Å². The van der Waals surface area contributed by atoms with Crippen LogP contribution in [0.2, 0.25) is 0 Å². The fourth-order valence-electron chi connectivity index (χ4n) is 1.59. The molecule has 2 aromatic rings. The lowest BCUT2D eigenvalue weighted by molar-refractivity contribution is -0.123. The first kappa shape index (κ1) is 11.6. The second-order valence-corrected chi connectivity index (χ2v) is 5.27. The number of rotatable bonds is 1. The number of nitrogens with one attached hydrogen (secondary N) is 1. The standard InChI is InChI=1S/C15H17NO/c1-15(2,3)14(17)16-13-9-8-11-6-4-5-7-12(11)10-13/h4-10H,1-3H3,(H,16,17). The molecular weight excluding hydrogens is 210 g/mol. The number of hydrogen-bond acceptors (Lipinski definition) is 1. The number of benzene rings is 2. The van der Waals surface area contributed by atoms with Gasteiger partial charge in [0.15, 0.2) is 0 Å². The summed E-state index contributed by atoms with van der Waals surface area (Å²) in [4.78, 5) is 11.9. The van der Waals surface area contributed by atoms with Crippen LogP contribution in [0.5, 0.6) is 0 Å². The Bertz CT molecular complexity index is 552. The Kier molecular flexibility index (Phi) is 2.88. The summed E-state index contributed by atoms with van der Waals surface area (Å²) in [5.74, 6) is 0.0350. The minimum absolute atomic E-state index is 0.0350. The second kappa shape index (κ2) is 4.21. The summed E-state index contributed by atoms with van der Waals surface area (Å²) in [5.41, 5.74) is 0.481. The van der Waals surface area contributed by atoms with Crippen LogP contribution in [0.1, 0.15) is 20.8 Å². The van der Waals surface area contributed by atoms with Crippen LogP contribution in [0.25, 0.3) is 10.8 Å². The van der Waals surface area contributed by atoms with Crippen molar-refractivity contribution in [2.24, 2.45) is 5.41 Å². The molecule has 88 valence electrons. The van der Waals surface area contributed by atoms with E-state index in [9.17, 15) is 4.79 Å². The van der Waals surface area contributed by atoms with Crippen molar-refractivity contribution in [3.8, 4) is 0 Å². The number of amides is 1. The van der Waals surface area contributed by atoms with Gasteiger partial charge in [-0.2, -0.15) is 0 Å². The van der Waals surface area contributed by atoms with E-state index in [0.29, 0.717) is 0 Å². The molecule has 2 rings (SSSR count). The van der Waals surface area contributed by atoms with Gasteiger partial charge in [0.2, 0.25) is 5.91 Å². The van der Waals surface area contributed by atoms with Crippen LogP contribution < -0.4 is 5.32 Å². The van der Waals surface area contributed by atoms with E-state index in [1.165, 1.54) is 5.39 Å². The normalized spacial score (nSPS) is 11.5. The summed E-state index contributed by atoms with van der Waals surface area (Å²) in [5, 5.41) is 5.25. The summed E-state index contributed by atoms with van der Waals surface area (Å²) in [6, 6.07) is 14.1. The molecule has 2 nitrogen and oxygen atoms in total. The molecule has 0 heterocycles. The molecule has 2 heteroatoms. The zero-order chi connectivity index (χ0) is 12.5. The maximum atomic E-state index is 11.9. The highest BCUT2D eigenvalue weighted by Crippen LogP contribution is 2.21. The summed E-state index contributed by atoms with van der Waals surface area (Å²) in [6.45, 7) is 5.72. The van der Waals surface area contributed by atoms with Crippen molar-refractivity contribution < 1.29 is 4.79 Å². The van der Waals surface area contributed by atoms with Gasteiger partial charge in [0, 0.05) is 11.1 Å². The SMILES string of the molecule is CC(C)(C)C(=O)Nc1ccc2ccccc2c1. The lowest BCUT2D eigenvalue weighted by atomic mass is 9.95. The van der Waals surface area contributed by atoms with Crippen LogP contribution in [-0.4, -0.2) is 5.91 Å². The van der Waals surface area contributed by atoms with Crippen molar-refractivity contribution in [3.05, 3.63) is 42.5 Å². The molecule has 2 aromatic carbocycles. The molecule has 0 aliphatic heterocycles. The largest absolute Gasteiger partial charge is 0.326 e. The third-order valence-corrected chi connectivity index (χ3v) is 2.69. The predicted octanol–water partition coefficient (Wildman–Crippen LogP) is 3.82. The first-order valence-electron chi connectivity index (χ1n) is 5.77. The van der Waals surface area contributed by atoms with Crippen molar-refractivity contribution in [1.29, 1.82) is 0 Å². The molecule has 0 atom stereocenters. The van der Waals surface area contributed by atoms with Crippen molar-refractivity contribution in [3.63, 3.8) is 0 Å². The van der Waals surface area contributed by atoms with Gasteiger partial charge in [-0.25, -0.2) is 0 Å². The molecule has 0 radical (unpaired) electrons. The molecule has 1 amide bonds. The minimum Gasteiger partial charge on any atom is -0.326 e. The number of anilines is 1. The van der Waals surface area contributed by atoms with Crippen molar-refractivity contribution in [2.45, 2.75) is 20.8 Å². The number of carbonyl (C=O) groups excluding carboxylic acids is 1. The van der Waals surface area contributed by atoms with E-state index < -0.39 is 0 Å². The molecule has 1 N–H and O–H groups in total. The highest BCUT2D eigenvalue weighted by atomic mass is 16.2. The predicted molar refractivity (Wildman–Crippen MR) is 72.0 cm³/mol. The van der Waals surface area contributed by atoms with Crippen molar-refractivity contribution in [2.75, 3.05) is 5.32 Å². The van der Waals surface area contributed by atoms with Gasteiger partial charge in [-0.05, 0) is 22.9 Å². The van der Waals surface area contributed by atoms with Crippen LogP contribution >= 0.6 is 0 Å². The van der Waals surface area contributed by atoms with Crippen LogP contribution in [0, 0.1) is 5.41 Å². The Balaban J connectivity index is 2.29. The summed E-state index contributed by atoms with van der Waals surface area (Å²) in [6.07, 6.45) is 0. The molecule has 0 spiro atoms. The number of hydrogen-bond donors (Lipinski definition) is 1. The monoisotopic (exact) mass is 227 g/mol. The topological polar surface area (TPSA) is 29.1 Å². The average Bonchev–Trinajstić information content (AvgIpc) is 2.27. The third-order valence-electron chi connectivity index (χ3n) is 2.69. The van der Waals surface area contributed by atoms with Crippen molar-refractivity contribution in [1.82, 2.24) is 0 Å². The molecule has 0 aromatic heterocycles. The van der Waals surface area contributed by atoms with Crippen molar-refractivity contribution >= 4 is 22.4 Å². The van der Waals surface area contributed by atoms with E-state index in [1.807, 2.05) is 57.2 Å². The Morgan fingerprint density at radius 3 is 2.29 bits per heavy atom. The summed E-state index contributed by atoms with van der Waals surface area (Å²) in [7, 11) is 0. The smallest absolute Gasteiger partial charge is 0.229 e. The Morgan fingerprint density at radius 1 is 1.00 bits per heavy atom. The van der Waals surface area contributed by atoms with E-state index >= 15 is 0 Å². The van der Waals surface area contributed by atoms with E-state index in [1.54, 1.807) is 0 Å². The highest BCUT2D eigenvalue weighted by Gasteiger charge is 2.20. The van der Waals surface area contributed by atoms with E-state index in [-0.39, 0.29) is 11.3 Å². The Hall–Kier alpha value is -1.83. The molecule has 0 bridgehead atoms. The fraction of sp³-hybridized carbons (Fsp3) is 0.267. The van der Waals surface area contributed by atoms with Gasteiger partial charge in [-0.1, -0.05) is 51.1 Å². The molecule has 0 fully saturated rings. The lowest BCUT2D eigenvalue weighted by Crippen LogP contribution is -2.27. The van der Waals surface area contributed by atoms with Gasteiger partial charge >= 0.3 is 0 Å². The minimum atomic E-state index is -0.369. The number of carbonyl (C=O) groups is 1. The zero-order valence-electron chi connectivity index (χ0n) is 10.4. The molecular formula is C15H17NO. The van der Waals surface area contributed by atoms with Gasteiger partial charge in [-0.15, -0.1) is 0 Å². The maximum absolute atomic E-state index is 11.9. The molecule has 0 aliphatic carbocycles. The Labute approximate surface area is 102 Å². The molecule has 0 unspecified atom stereocenters. The molecule has 17 heavy (non-hydrogen) atoms. The van der Waals surface area contributed by atoms with Crippen LogP contribution in [0.3, 0.4) is 0 Å². The summed E-state index contributed by atoms with van der Waals surface area (Å²) < 4.78 is 0. The Morgan fingerprint density at radius 2 is 1.65 bits per heavy atom. The molecule has 0 aliphatic rings. The zero-order valence-corrected chi connectivity index (χ0v) is 10.4. The van der Waals surface area contributed by atoms with E-state index in [0.717, 1.165) is 11.1 Å². The van der Waals surface area contributed by atoms with Gasteiger partial charge in [0.25, 0.3) is 0 Å². The first-order valence-corrected chi connectivity index (χ1v) is 5.77. The average molecular weight is 227 g/mol. The highest BCUT2D eigenvalue weighted by molar-refractivity contribution is 5.96. The van der Waals surface area contributed by atoms with Crippen LogP contribution in [-0.2, 0) is 4.79 Å². The van der Waals surface area contributed by atoms with E-state index in [2.05, 4.69) is 11.4 Å². The summed E-state index contributed by atoms with van der Waals surface area (Å²) >= 11 is 0. The van der Waals surface area contributed by atoms with Crippen LogP contribution in [0.4, 0.5) is 5.69 Å². The molecule has 0 saturated carbocycles. The molecule has 0 saturated heterocycles. The van der Waals surface area contributed by atoms with Crippen LogP contribution in [0.15, 0.2) is 42.5 Å². The van der Waals surface area contributed by atoms with Gasteiger partial charge < -0.3 is 5.32 Å². The third kappa shape index (κ3) is 2.64. The first-order chi connectivity index (χ1) is 7.97. The van der Waals surface area contributed by atoms with Gasteiger partial charge in [0.1, 0.15) is 0 Å². The van der Waals surface area contributed by atoms with E-state index in [4.69, 9.17) is 0 Å².